The van der Waals surface area contributed by atoms with E-state index in [2.05, 4.69) is 4.98 Å². The third-order valence-electron chi connectivity index (χ3n) is 3.18. The number of carboxylic acid groups (broad SMARTS) is 1. The summed E-state index contributed by atoms with van der Waals surface area (Å²) in [6, 6.07) is 9.67. The van der Waals surface area contributed by atoms with Crippen molar-refractivity contribution in [2.75, 3.05) is 0 Å². The topological polar surface area (TPSA) is 54.6 Å². The molecular formula is C15H11FN2O2. The number of pyridine rings is 1. The highest BCUT2D eigenvalue weighted by Crippen LogP contribution is 2.22. The normalized spacial score (nSPS) is 10.9. The molecule has 0 spiro atoms. The van der Waals surface area contributed by atoms with Gasteiger partial charge in [-0.2, -0.15) is 0 Å². The van der Waals surface area contributed by atoms with Gasteiger partial charge in [0, 0.05) is 11.8 Å². The van der Waals surface area contributed by atoms with E-state index in [4.69, 9.17) is 5.11 Å². The van der Waals surface area contributed by atoms with Crippen molar-refractivity contribution in [1.82, 2.24) is 9.38 Å². The molecule has 0 saturated heterocycles. The van der Waals surface area contributed by atoms with Crippen molar-refractivity contribution in [1.29, 1.82) is 0 Å². The zero-order valence-corrected chi connectivity index (χ0v) is 10.7. The molecule has 0 aliphatic rings. The van der Waals surface area contributed by atoms with E-state index >= 15 is 0 Å². The summed E-state index contributed by atoms with van der Waals surface area (Å²) in [6.07, 6.45) is 1.60. The SMILES string of the molecule is Cc1ccc(-c2cn3c(C(=O)O)cccc3n2)cc1F. The van der Waals surface area contributed by atoms with Gasteiger partial charge in [-0.05, 0) is 30.7 Å². The van der Waals surface area contributed by atoms with Crippen LogP contribution in [0.3, 0.4) is 0 Å². The van der Waals surface area contributed by atoms with Gasteiger partial charge in [-0.1, -0.05) is 18.2 Å². The molecule has 0 radical (unpaired) electrons. The Morgan fingerprint density at radius 1 is 1.30 bits per heavy atom. The molecule has 0 amide bonds. The molecule has 0 unspecified atom stereocenters. The first-order valence-corrected chi connectivity index (χ1v) is 6.04. The van der Waals surface area contributed by atoms with Crippen LogP contribution >= 0.6 is 0 Å². The van der Waals surface area contributed by atoms with Crippen LogP contribution < -0.4 is 0 Å². The summed E-state index contributed by atoms with van der Waals surface area (Å²) in [5.41, 5.74) is 2.35. The zero-order valence-electron chi connectivity index (χ0n) is 10.7. The van der Waals surface area contributed by atoms with E-state index in [-0.39, 0.29) is 11.5 Å². The van der Waals surface area contributed by atoms with Crippen LogP contribution in [-0.4, -0.2) is 20.5 Å². The predicted octanol–water partition coefficient (Wildman–Crippen LogP) is 3.15. The van der Waals surface area contributed by atoms with Gasteiger partial charge in [-0.3, -0.25) is 4.40 Å². The second-order valence-electron chi connectivity index (χ2n) is 4.53. The molecule has 0 fully saturated rings. The summed E-state index contributed by atoms with van der Waals surface area (Å²) in [5.74, 6) is -1.34. The molecule has 3 aromatic rings. The van der Waals surface area contributed by atoms with Crippen molar-refractivity contribution in [3.8, 4) is 11.3 Å². The molecule has 1 N–H and O–H groups in total. The van der Waals surface area contributed by atoms with Crippen LogP contribution in [0.2, 0.25) is 0 Å². The van der Waals surface area contributed by atoms with Gasteiger partial charge in [-0.15, -0.1) is 0 Å². The van der Waals surface area contributed by atoms with Crippen molar-refractivity contribution in [2.45, 2.75) is 6.92 Å². The standard InChI is InChI=1S/C15H11FN2O2/c1-9-5-6-10(7-11(9)16)12-8-18-13(15(19)20)3-2-4-14(18)17-12/h2-8H,1H3,(H,19,20). The van der Waals surface area contributed by atoms with Gasteiger partial charge in [-0.25, -0.2) is 14.2 Å². The Balaban J connectivity index is 2.20. The molecule has 0 saturated carbocycles. The van der Waals surface area contributed by atoms with Crippen LogP contribution in [0, 0.1) is 12.7 Å². The largest absolute Gasteiger partial charge is 0.477 e. The van der Waals surface area contributed by atoms with Gasteiger partial charge < -0.3 is 5.11 Å². The molecule has 3 rings (SSSR count). The number of hydrogen-bond donors (Lipinski definition) is 1. The van der Waals surface area contributed by atoms with Crippen LogP contribution in [0.1, 0.15) is 16.1 Å². The van der Waals surface area contributed by atoms with Crippen molar-refractivity contribution >= 4 is 11.6 Å². The number of benzene rings is 1. The van der Waals surface area contributed by atoms with E-state index < -0.39 is 5.97 Å². The fourth-order valence-corrected chi connectivity index (χ4v) is 2.08. The van der Waals surface area contributed by atoms with Gasteiger partial charge in [0.2, 0.25) is 0 Å². The van der Waals surface area contributed by atoms with Crippen molar-refractivity contribution < 1.29 is 14.3 Å². The lowest BCUT2D eigenvalue weighted by Crippen LogP contribution is -2.03. The number of aromatic carboxylic acids is 1. The van der Waals surface area contributed by atoms with E-state index in [1.165, 1.54) is 16.5 Å². The number of hydrogen-bond acceptors (Lipinski definition) is 2. The predicted molar refractivity (Wildman–Crippen MR) is 72.3 cm³/mol. The van der Waals surface area contributed by atoms with Crippen molar-refractivity contribution in [3.05, 3.63) is 59.7 Å². The maximum atomic E-state index is 13.6. The minimum Gasteiger partial charge on any atom is -0.477 e. The molecule has 1 aromatic carbocycles. The number of rotatable bonds is 2. The van der Waals surface area contributed by atoms with Crippen molar-refractivity contribution in [2.24, 2.45) is 0 Å². The third kappa shape index (κ3) is 1.93. The van der Waals surface area contributed by atoms with Crippen molar-refractivity contribution in [3.63, 3.8) is 0 Å². The Morgan fingerprint density at radius 2 is 2.10 bits per heavy atom. The van der Waals surface area contributed by atoms with Crippen LogP contribution in [-0.2, 0) is 0 Å². The molecule has 0 aliphatic carbocycles. The van der Waals surface area contributed by atoms with Gasteiger partial charge in [0.05, 0.1) is 5.69 Å². The summed E-state index contributed by atoms with van der Waals surface area (Å²) in [6.45, 7) is 1.69. The summed E-state index contributed by atoms with van der Waals surface area (Å²) in [4.78, 5) is 15.5. The molecule has 100 valence electrons. The van der Waals surface area contributed by atoms with Gasteiger partial charge in [0.1, 0.15) is 17.2 Å². The molecule has 0 aliphatic heterocycles. The number of aromatic nitrogens is 2. The highest BCUT2D eigenvalue weighted by Gasteiger charge is 2.12. The monoisotopic (exact) mass is 270 g/mol. The fourth-order valence-electron chi connectivity index (χ4n) is 2.08. The third-order valence-corrected chi connectivity index (χ3v) is 3.18. The van der Waals surface area contributed by atoms with E-state index in [0.29, 0.717) is 22.5 Å². The Kier molecular flexibility index (Phi) is 2.75. The van der Waals surface area contributed by atoms with Gasteiger partial charge in [0.25, 0.3) is 0 Å². The lowest BCUT2D eigenvalue weighted by Gasteiger charge is -1.99. The molecule has 5 heteroatoms. The first kappa shape index (κ1) is 12.3. The van der Waals surface area contributed by atoms with E-state index in [1.807, 2.05) is 0 Å². The lowest BCUT2D eigenvalue weighted by molar-refractivity contribution is 0.0689. The Morgan fingerprint density at radius 3 is 2.80 bits per heavy atom. The number of aryl methyl sites for hydroxylation is 1. The maximum absolute atomic E-state index is 13.6. The highest BCUT2D eigenvalue weighted by molar-refractivity contribution is 5.87. The highest BCUT2D eigenvalue weighted by atomic mass is 19.1. The Labute approximate surface area is 114 Å². The lowest BCUT2D eigenvalue weighted by atomic mass is 10.1. The van der Waals surface area contributed by atoms with E-state index in [0.717, 1.165) is 0 Å². The van der Waals surface area contributed by atoms with Crippen LogP contribution in [0.5, 0.6) is 0 Å². The van der Waals surface area contributed by atoms with Gasteiger partial charge in [0.15, 0.2) is 0 Å². The summed E-state index contributed by atoms with van der Waals surface area (Å²) >= 11 is 0. The second-order valence-corrected chi connectivity index (χ2v) is 4.53. The Bertz CT molecular complexity index is 824. The second kappa shape index (κ2) is 4.45. The van der Waals surface area contributed by atoms with Gasteiger partial charge >= 0.3 is 5.97 Å². The summed E-state index contributed by atoms with van der Waals surface area (Å²) < 4.78 is 15.1. The smallest absolute Gasteiger partial charge is 0.352 e. The minimum absolute atomic E-state index is 0.119. The molecule has 20 heavy (non-hydrogen) atoms. The maximum Gasteiger partial charge on any atom is 0.352 e. The number of halogens is 1. The quantitative estimate of drug-likeness (QED) is 0.778. The number of nitrogens with zero attached hydrogens (tertiary/aromatic N) is 2. The Hall–Kier alpha value is -2.69. The fraction of sp³-hybridized carbons (Fsp3) is 0.0667. The zero-order chi connectivity index (χ0) is 14.3. The number of carbonyl (C=O) groups is 1. The molecule has 0 atom stereocenters. The molecule has 2 heterocycles. The number of fused-ring (bicyclic) bond motifs is 1. The summed E-state index contributed by atoms with van der Waals surface area (Å²) in [5, 5.41) is 9.13. The molecule has 0 bridgehead atoms. The number of imidazole rings is 1. The first-order valence-electron chi connectivity index (χ1n) is 6.04. The molecular weight excluding hydrogens is 259 g/mol. The first-order chi connectivity index (χ1) is 9.56. The molecule has 4 nitrogen and oxygen atoms in total. The average molecular weight is 270 g/mol. The van der Waals surface area contributed by atoms with E-state index in [9.17, 15) is 9.18 Å². The van der Waals surface area contributed by atoms with Crippen LogP contribution in [0.25, 0.3) is 16.9 Å². The summed E-state index contributed by atoms with van der Waals surface area (Å²) in [7, 11) is 0. The van der Waals surface area contributed by atoms with Crippen LogP contribution in [0.4, 0.5) is 4.39 Å². The minimum atomic E-state index is -1.03. The number of carboxylic acids is 1. The van der Waals surface area contributed by atoms with E-state index in [1.54, 1.807) is 37.4 Å². The average Bonchev–Trinajstić information content (AvgIpc) is 2.85. The molecule has 2 aromatic heterocycles. The van der Waals surface area contributed by atoms with Crippen LogP contribution in [0.15, 0.2) is 42.6 Å².